The minimum atomic E-state index is -0.777. The number of ether oxygens (including phenoxy) is 1. The zero-order valence-electron chi connectivity index (χ0n) is 15.8. The Bertz CT molecular complexity index is 768. The van der Waals surface area contributed by atoms with Gasteiger partial charge in [-0.25, -0.2) is 4.79 Å². The maximum atomic E-state index is 12.3. The Kier molecular flexibility index (Phi) is 7.36. The van der Waals surface area contributed by atoms with Crippen molar-refractivity contribution in [1.82, 2.24) is 10.6 Å². The number of imide groups is 1. The zero-order valence-corrected chi connectivity index (χ0v) is 15.8. The minimum absolute atomic E-state index is 0.00174. The van der Waals surface area contributed by atoms with Crippen molar-refractivity contribution >= 4 is 28.9 Å². The van der Waals surface area contributed by atoms with Crippen molar-refractivity contribution in [1.29, 1.82) is 0 Å². The molecule has 27 heavy (non-hydrogen) atoms. The van der Waals surface area contributed by atoms with Crippen LogP contribution in [0.4, 0.5) is 4.79 Å². The molecule has 146 valence electrons. The summed E-state index contributed by atoms with van der Waals surface area (Å²) in [7, 11) is 0. The summed E-state index contributed by atoms with van der Waals surface area (Å²) < 4.78 is 10.4. The van der Waals surface area contributed by atoms with Crippen LogP contribution < -0.4 is 15.5 Å². The number of rotatable bonds is 8. The second-order valence-electron chi connectivity index (χ2n) is 6.20. The van der Waals surface area contributed by atoms with Crippen LogP contribution in [-0.2, 0) is 14.3 Å². The molecule has 0 aliphatic heterocycles. The largest absolute Gasteiger partial charge is 0.459 e. The summed E-state index contributed by atoms with van der Waals surface area (Å²) in [6, 6.07) is 9.24. The highest BCUT2D eigenvalue weighted by atomic mass is 16.5. The molecule has 0 saturated carbocycles. The first kappa shape index (κ1) is 20.4. The maximum absolute atomic E-state index is 12.3. The number of para-hydroxylation sites is 1. The monoisotopic (exact) mass is 376 g/mol. The van der Waals surface area contributed by atoms with E-state index in [1.54, 1.807) is 6.92 Å². The number of amides is 3. The highest BCUT2D eigenvalue weighted by Gasteiger charge is 2.21. The predicted octanol–water partition coefficient (Wildman–Crippen LogP) is 0.788. The van der Waals surface area contributed by atoms with E-state index in [9.17, 15) is 14.4 Å². The third-order valence-corrected chi connectivity index (χ3v) is 4.09. The van der Waals surface area contributed by atoms with Crippen LogP contribution in [0.1, 0.15) is 32.6 Å². The van der Waals surface area contributed by atoms with Crippen molar-refractivity contribution in [2.45, 2.75) is 26.8 Å². The Morgan fingerprint density at radius 1 is 1.15 bits per heavy atom. The number of carbonyl (C=O) groups excluding carboxylic acids is 3. The molecule has 8 heteroatoms. The van der Waals surface area contributed by atoms with Gasteiger partial charge in [-0.05, 0) is 32.9 Å². The summed E-state index contributed by atoms with van der Waals surface area (Å²) in [6.07, 6.45) is -0.777. The van der Waals surface area contributed by atoms with Gasteiger partial charge in [0.15, 0.2) is 13.1 Å². The van der Waals surface area contributed by atoms with Crippen LogP contribution in [0.2, 0.25) is 0 Å². The van der Waals surface area contributed by atoms with Crippen molar-refractivity contribution in [2.75, 3.05) is 26.2 Å². The molecule has 0 aliphatic rings. The molecule has 0 aliphatic carbocycles. The summed E-state index contributed by atoms with van der Waals surface area (Å²) in [4.78, 5) is 36.2. The number of likely N-dealkylation sites (N-methyl/N-ethyl adjacent to an activating group) is 1. The van der Waals surface area contributed by atoms with Gasteiger partial charge in [-0.15, -0.1) is 0 Å². The lowest BCUT2D eigenvalue weighted by Crippen LogP contribution is -3.14. The van der Waals surface area contributed by atoms with Gasteiger partial charge in [0.25, 0.3) is 11.8 Å². The molecule has 0 fully saturated rings. The molecule has 3 N–H and O–H groups in total. The van der Waals surface area contributed by atoms with E-state index in [-0.39, 0.29) is 31.6 Å². The highest BCUT2D eigenvalue weighted by Crippen LogP contribution is 2.23. The van der Waals surface area contributed by atoms with E-state index in [1.165, 1.54) is 0 Å². The van der Waals surface area contributed by atoms with E-state index < -0.39 is 12.0 Å². The molecule has 0 spiro atoms. The maximum Gasteiger partial charge on any atom is 0.414 e. The van der Waals surface area contributed by atoms with Gasteiger partial charge in [0.1, 0.15) is 11.3 Å². The summed E-state index contributed by atoms with van der Waals surface area (Å²) in [5.41, 5.74) is 0.769. The van der Waals surface area contributed by atoms with Crippen molar-refractivity contribution < 1.29 is 28.4 Å². The summed E-state index contributed by atoms with van der Waals surface area (Å²) in [5.74, 6) is -0.0187. The highest BCUT2D eigenvalue weighted by molar-refractivity contribution is 5.92. The minimum Gasteiger partial charge on any atom is -0.459 e. The van der Waals surface area contributed by atoms with E-state index >= 15 is 0 Å². The molecule has 1 unspecified atom stereocenters. The Balaban J connectivity index is 1.86. The number of benzene rings is 1. The average Bonchev–Trinajstić information content (AvgIpc) is 3.05. The first-order valence-corrected chi connectivity index (χ1v) is 9.00. The van der Waals surface area contributed by atoms with Crippen LogP contribution in [-0.4, -0.2) is 44.1 Å². The van der Waals surface area contributed by atoms with Crippen molar-refractivity contribution in [3.63, 3.8) is 0 Å². The molecule has 2 atom stereocenters. The molecule has 3 amide bonds. The van der Waals surface area contributed by atoms with Gasteiger partial charge in [-0.3, -0.25) is 14.9 Å². The van der Waals surface area contributed by atoms with Crippen molar-refractivity contribution in [3.05, 3.63) is 36.1 Å². The fourth-order valence-electron chi connectivity index (χ4n) is 2.67. The van der Waals surface area contributed by atoms with Crippen LogP contribution >= 0.6 is 0 Å². The standard InChI is InChI=1S/C19H25N3O5/c1-4-22(12-18(24)21-19(25)26-5-2)11-17(23)20-13(3)16-10-14-8-6-7-9-15(14)27-16/h6-10,13H,4-5,11-12H2,1-3H3,(H,20,23)(H,21,24,25)/p+1/t13-/m0/s1. The van der Waals surface area contributed by atoms with E-state index in [1.807, 2.05) is 44.2 Å². The molecule has 1 aromatic carbocycles. The van der Waals surface area contributed by atoms with Crippen LogP contribution in [0, 0.1) is 0 Å². The smallest absolute Gasteiger partial charge is 0.414 e. The first-order chi connectivity index (χ1) is 12.9. The Hall–Kier alpha value is -2.87. The Morgan fingerprint density at radius 3 is 2.52 bits per heavy atom. The number of furan rings is 1. The topological polar surface area (TPSA) is 102 Å². The predicted molar refractivity (Wildman–Crippen MR) is 99.2 cm³/mol. The molecular formula is C19H26N3O5+. The van der Waals surface area contributed by atoms with E-state index in [4.69, 9.17) is 4.42 Å². The molecule has 0 bridgehead atoms. The summed E-state index contributed by atoms with van der Waals surface area (Å²) >= 11 is 0. The number of alkyl carbamates (subject to hydrolysis) is 1. The molecule has 1 heterocycles. The number of hydrogen-bond acceptors (Lipinski definition) is 5. The SMILES string of the molecule is CCOC(=O)NC(=O)C[NH+](CC)CC(=O)N[C@@H](C)c1cc2ccccc2o1. The van der Waals surface area contributed by atoms with Gasteiger partial charge in [-0.1, -0.05) is 18.2 Å². The van der Waals surface area contributed by atoms with Crippen molar-refractivity contribution in [3.8, 4) is 0 Å². The normalized spacial score (nSPS) is 13.0. The number of fused-ring (bicyclic) bond motifs is 1. The molecular weight excluding hydrogens is 350 g/mol. The molecule has 2 aromatic rings. The molecule has 0 saturated heterocycles. The van der Waals surface area contributed by atoms with Crippen LogP contribution in [0.25, 0.3) is 11.0 Å². The van der Waals surface area contributed by atoms with Crippen LogP contribution in [0.5, 0.6) is 0 Å². The lowest BCUT2D eigenvalue weighted by Gasteiger charge is -2.18. The van der Waals surface area contributed by atoms with Gasteiger partial charge in [0.2, 0.25) is 0 Å². The molecule has 8 nitrogen and oxygen atoms in total. The van der Waals surface area contributed by atoms with Crippen LogP contribution in [0.15, 0.2) is 34.7 Å². The number of nitrogens with one attached hydrogen (secondary N) is 3. The fourth-order valence-corrected chi connectivity index (χ4v) is 2.67. The van der Waals surface area contributed by atoms with Gasteiger partial charge in [-0.2, -0.15) is 0 Å². The van der Waals surface area contributed by atoms with E-state index in [2.05, 4.69) is 15.4 Å². The number of hydrogen-bond donors (Lipinski definition) is 3. The van der Waals surface area contributed by atoms with E-state index in [0.717, 1.165) is 15.9 Å². The van der Waals surface area contributed by atoms with Gasteiger partial charge < -0.3 is 19.4 Å². The first-order valence-electron chi connectivity index (χ1n) is 9.00. The zero-order chi connectivity index (χ0) is 19.8. The number of quaternary nitrogens is 1. The summed E-state index contributed by atoms with van der Waals surface area (Å²) in [6.45, 7) is 6.21. The third kappa shape index (κ3) is 6.10. The number of carbonyl (C=O) groups is 3. The third-order valence-electron chi connectivity index (χ3n) is 4.09. The second kappa shape index (κ2) is 9.72. The lowest BCUT2D eigenvalue weighted by atomic mass is 10.2. The average molecular weight is 376 g/mol. The Morgan fingerprint density at radius 2 is 1.85 bits per heavy atom. The van der Waals surface area contributed by atoms with Gasteiger partial charge in [0.05, 0.1) is 19.2 Å². The lowest BCUT2D eigenvalue weighted by molar-refractivity contribution is -0.881. The van der Waals surface area contributed by atoms with Crippen LogP contribution in [0.3, 0.4) is 0 Å². The molecule has 0 radical (unpaired) electrons. The van der Waals surface area contributed by atoms with Gasteiger partial charge in [0, 0.05) is 5.39 Å². The van der Waals surface area contributed by atoms with E-state index in [0.29, 0.717) is 12.3 Å². The quantitative estimate of drug-likeness (QED) is 0.632. The van der Waals surface area contributed by atoms with Crippen molar-refractivity contribution in [2.24, 2.45) is 0 Å². The van der Waals surface area contributed by atoms with Gasteiger partial charge >= 0.3 is 6.09 Å². The molecule has 1 aromatic heterocycles. The summed E-state index contributed by atoms with van der Waals surface area (Å²) in [5, 5.41) is 5.99. The fraction of sp³-hybridized carbons (Fsp3) is 0.421. The molecule has 2 rings (SSSR count). The second-order valence-corrected chi connectivity index (χ2v) is 6.20. The Labute approximate surface area is 157 Å².